The van der Waals surface area contributed by atoms with Gasteiger partial charge in [0.25, 0.3) is 5.91 Å². The van der Waals surface area contributed by atoms with Gasteiger partial charge in [-0.2, -0.15) is 4.98 Å². The molecule has 1 heterocycles. The average Bonchev–Trinajstić information content (AvgIpc) is 3.17. The van der Waals surface area contributed by atoms with E-state index in [1.54, 1.807) is 16.8 Å². The number of anilines is 1. The Bertz CT molecular complexity index is 1230. The Kier molecular flexibility index (Phi) is 5.98. The van der Waals surface area contributed by atoms with Gasteiger partial charge in [0.05, 0.1) is 11.8 Å². The highest BCUT2D eigenvalue weighted by molar-refractivity contribution is 6.04. The lowest BCUT2D eigenvalue weighted by Gasteiger charge is -2.09. The Balaban J connectivity index is 1.63. The maximum Gasteiger partial charge on any atom is 0.336 e. The Morgan fingerprint density at radius 1 is 1.00 bits per heavy atom. The summed E-state index contributed by atoms with van der Waals surface area (Å²) in [4.78, 5) is 17.0. The minimum absolute atomic E-state index is 0.0559. The van der Waals surface area contributed by atoms with Gasteiger partial charge in [0, 0.05) is 16.8 Å². The molecule has 7 heteroatoms. The molecule has 1 aromatic heterocycles. The molecule has 0 aliphatic heterocycles. The van der Waals surface area contributed by atoms with E-state index in [1.165, 1.54) is 24.3 Å². The van der Waals surface area contributed by atoms with Crippen LogP contribution in [0.15, 0.2) is 72.8 Å². The molecule has 0 saturated carbocycles. The molecule has 3 aromatic carbocycles. The standard InChI is InChI=1S/C25H23FN4O2/c1-16(2)32-25-28-23(22-7-5-4-6-17(22)3)30(29-25)21-14-12-20(13-15-21)27-24(31)18-8-10-19(26)11-9-18/h4-16H,1-3H3,(H,27,31). The van der Waals surface area contributed by atoms with Crippen molar-refractivity contribution >= 4 is 11.6 Å². The average molecular weight is 430 g/mol. The van der Waals surface area contributed by atoms with Gasteiger partial charge in [-0.15, -0.1) is 5.10 Å². The highest BCUT2D eigenvalue weighted by atomic mass is 19.1. The van der Waals surface area contributed by atoms with E-state index in [0.29, 0.717) is 23.1 Å². The first-order valence-corrected chi connectivity index (χ1v) is 10.3. The number of nitrogens with one attached hydrogen (secondary N) is 1. The van der Waals surface area contributed by atoms with Gasteiger partial charge in [0.1, 0.15) is 5.82 Å². The normalized spacial score (nSPS) is 10.9. The molecule has 32 heavy (non-hydrogen) atoms. The number of amides is 1. The molecule has 0 aliphatic rings. The van der Waals surface area contributed by atoms with Crippen molar-refractivity contribution in [2.75, 3.05) is 5.32 Å². The van der Waals surface area contributed by atoms with Crippen LogP contribution in [-0.2, 0) is 0 Å². The van der Waals surface area contributed by atoms with Crippen molar-refractivity contribution in [3.05, 3.63) is 89.7 Å². The number of hydrogen-bond acceptors (Lipinski definition) is 4. The summed E-state index contributed by atoms with van der Waals surface area (Å²) in [6.45, 7) is 5.87. The fraction of sp³-hybridized carbons (Fsp3) is 0.160. The molecule has 162 valence electrons. The molecule has 1 N–H and O–H groups in total. The van der Waals surface area contributed by atoms with Crippen molar-refractivity contribution in [1.82, 2.24) is 14.8 Å². The third-order valence-corrected chi connectivity index (χ3v) is 4.79. The zero-order valence-corrected chi connectivity index (χ0v) is 18.0. The first kappa shape index (κ1) is 21.2. The number of aryl methyl sites for hydroxylation is 1. The van der Waals surface area contributed by atoms with Crippen LogP contribution < -0.4 is 10.1 Å². The number of rotatable bonds is 6. The zero-order valence-electron chi connectivity index (χ0n) is 18.0. The predicted octanol–water partition coefficient (Wildman–Crippen LogP) is 5.42. The molecule has 0 aliphatic carbocycles. The van der Waals surface area contributed by atoms with E-state index in [2.05, 4.69) is 15.4 Å². The molecular formula is C25H23FN4O2. The molecule has 0 bridgehead atoms. The van der Waals surface area contributed by atoms with Crippen molar-refractivity contribution in [1.29, 1.82) is 0 Å². The summed E-state index contributed by atoms with van der Waals surface area (Å²) in [5.74, 6) is -0.0300. The number of carbonyl (C=O) groups is 1. The lowest BCUT2D eigenvalue weighted by Crippen LogP contribution is -2.12. The van der Waals surface area contributed by atoms with Crippen LogP contribution in [0.5, 0.6) is 6.01 Å². The summed E-state index contributed by atoms with van der Waals surface area (Å²) < 4.78 is 20.5. The van der Waals surface area contributed by atoms with Gasteiger partial charge in [0.2, 0.25) is 0 Å². The summed E-state index contributed by atoms with van der Waals surface area (Å²) in [6.07, 6.45) is -0.0559. The first-order valence-electron chi connectivity index (χ1n) is 10.3. The van der Waals surface area contributed by atoms with Crippen LogP contribution in [0.4, 0.5) is 10.1 Å². The third-order valence-electron chi connectivity index (χ3n) is 4.79. The molecule has 0 spiro atoms. The lowest BCUT2D eigenvalue weighted by atomic mass is 10.1. The van der Waals surface area contributed by atoms with Crippen molar-refractivity contribution in [3.8, 4) is 23.1 Å². The van der Waals surface area contributed by atoms with Gasteiger partial charge in [-0.1, -0.05) is 24.3 Å². The van der Waals surface area contributed by atoms with Crippen LogP contribution in [-0.4, -0.2) is 26.8 Å². The molecule has 4 aromatic rings. The van der Waals surface area contributed by atoms with Gasteiger partial charge < -0.3 is 10.1 Å². The van der Waals surface area contributed by atoms with Crippen molar-refractivity contribution in [2.45, 2.75) is 26.9 Å². The van der Waals surface area contributed by atoms with Crippen molar-refractivity contribution in [3.63, 3.8) is 0 Å². The van der Waals surface area contributed by atoms with E-state index < -0.39 is 0 Å². The maximum absolute atomic E-state index is 13.1. The van der Waals surface area contributed by atoms with E-state index in [0.717, 1.165) is 16.8 Å². The monoisotopic (exact) mass is 430 g/mol. The number of carbonyl (C=O) groups excluding carboxylic acids is 1. The highest BCUT2D eigenvalue weighted by Gasteiger charge is 2.17. The molecule has 0 atom stereocenters. The molecule has 0 unspecified atom stereocenters. The molecule has 4 rings (SSSR count). The Labute approximate surface area is 185 Å². The SMILES string of the molecule is Cc1ccccc1-c1nc(OC(C)C)nn1-c1ccc(NC(=O)c2ccc(F)cc2)cc1. The molecule has 0 fully saturated rings. The largest absolute Gasteiger partial charge is 0.460 e. The Hall–Kier alpha value is -4.00. The van der Waals surface area contributed by atoms with Crippen LogP contribution in [0.3, 0.4) is 0 Å². The second-order valence-corrected chi connectivity index (χ2v) is 7.62. The second kappa shape index (κ2) is 9.01. The summed E-state index contributed by atoms with van der Waals surface area (Å²) in [6, 6.07) is 20.9. The number of halogens is 1. The van der Waals surface area contributed by atoms with E-state index in [9.17, 15) is 9.18 Å². The smallest absolute Gasteiger partial charge is 0.336 e. The van der Waals surface area contributed by atoms with Gasteiger partial charge in [-0.25, -0.2) is 9.07 Å². The number of benzene rings is 3. The number of ether oxygens (including phenoxy) is 1. The Morgan fingerprint density at radius 2 is 1.69 bits per heavy atom. The van der Waals surface area contributed by atoms with Gasteiger partial charge in [-0.05, 0) is 74.9 Å². The van der Waals surface area contributed by atoms with Crippen LogP contribution >= 0.6 is 0 Å². The topological polar surface area (TPSA) is 69.0 Å². The van der Waals surface area contributed by atoms with Crippen molar-refractivity contribution in [2.24, 2.45) is 0 Å². The first-order chi connectivity index (χ1) is 15.4. The van der Waals surface area contributed by atoms with Gasteiger partial charge >= 0.3 is 6.01 Å². The molecule has 0 radical (unpaired) electrons. The van der Waals surface area contributed by atoms with E-state index in [1.807, 2.05) is 57.2 Å². The van der Waals surface area contributed by atoms with E-state index >= 15 is 0 Å². The van der Waals surface area contributed by atoms with E-state index in [-0.39, 0.29) is 17.8 Å². The fourth-order valence-corrected chi connectivity index (χ4v) is 3.22. The van der Waals surface area contributed by atoms with Crippen molar-refractivity contribution < 1.29 is 13.9 Å². The van der Waals surface area contributed by atoms with Crippen LogP contribution in [0, 0.1) is 12.7 Å². The lowest BCUT2D eigenvalue weighted by molar-refractivity contribution is 0.102. The number of nitrogens with zero attached hydrogens (tertiary/aromatic N) is 3. The zero-order chi connectivity index (χ0) is 22.7. The Morgan fingerprint density at radius 3 is 2.34 bits per heavy atom. The third kappa shape index (κ3) is 4.67. The molecule has 6 nitrogen and oxygen atoms in total. The molecular weight excluding hydrogens is 407 g/mol. The van der Waals surface area contributed by atoms with Gasteiger partial charge in [0.15, 0.2) is 5.82 Å². The molecule has 0 saturated heterocycles. The number of hydrogen-bond donors (Lipinski definition) is 1. The van der Waals surface area contributed by atoms with Crippen LogP contribution in [0.1, 0.15) is 29.8 Å². The van der Waals surface area contributed by atoms with Gasteiger partial charge in [-0.3, -0.25) is 4.79 Å². The van der Waals surface area contributed by atoms with E-state index in [4.69, 9.17) is 4.74 Å². The highest BCUT2D eigenvalue weighted by Crippen LogP contribution is 2.27. The predicted molar refractivity (Wildman–Crippen MR) is 122 cm³/mol. The summed E-state index contributed by atoms with van der Waals surface area (Å²) in [5, 5.41) is 7.36. The minimum Gasteiger partial charge on any atom is -0.460 e. The number of aromatic nitrogens is 3. The maximum atomic E-state index is 13.1. The second-order valence-electron chi connectivity index (χ2n) is 7.62. The summed E-state index contributed by atoms with van der Waals surface area (Å²) in [5.41, 5.74) is 3.78. The quantitative estimate of drug-likeness (QED) is 0.443. The fourth-order valence-electron chi connectivity index (χ4n) is 3.22. The summed E-state index contributed by atoms with van der Waals surface area (Å²) in [7, 11) is 0. The molecule has 1 amide bonds. The minimum atomic E-state index is -0.385. The van der Waals surface area contributed by atoms with Crippen LogP contribution in [0.2, 0.25) is 0 Å². The summed E-state index contributed by atoms with van der Waals surface area (Å²) >= 11 is 0. The van der Waals surface area contributed by atoms with Crippen LogP contribution in [0.25, 0.3) is 17.1 Å².